The van der Waals surface area contributed by atoms with E-state index in [0.29, 0.717) is 12.6 Å². The second kappa shape index (κ2) is 6.26. The van der Waals surface area contributed by atoms with E-state index in [1.54, 1.807) is 6.92 Å². The van der Waals surface area contributed by atoms with E-state index in [-0.39, 0.29) is 5.91 Å². The molecule has 1 aliphatic rings. The van der Waals surface area contributed by atoms with E-state index in [1.807, 2.05) is 24.3 Å². The van der Waals surface area contributed by atoms with Crippen LogP contribution in [0.25, 0.3) is 0 Å². The van der Waals surface area contributed by atoms with Gasteiger partial charge < -0.3 is 15.1 Å². The molecule has 5 heteroatoms. The van der Waals surface area contributed by atoms with Gasteiger partial charge in [0, 0.05) is 43.8 Å². The van der Waals surface area contributed by atoms with Crippen LogP contribution in [0, 0.1) is 0 Å². The molecule has 104 valence electrons. The maximum Gasteiger partial charge on any atom is 0.216 e. The summed E-state index contributed by atoms with van der Waals surface area (Å²) >= 11 is 5.93. The first-order valence-corrected chi connectivity index (χ1v) is 6.89. The van der Waals surface area contributed by atoms with Crippen LogP contribution in [0.15, 0.2) is 24.3 Å². The molecule has 0 bridgehead atoms. The second-order valence-electron chi connectivity index (χ2n) is 5.02. The topological polar surface area (TPSA) is 35.6 Å². The predicted octanol–water partition coefficient (Wildman–Crippen LogP) is 1.60. The number of piperazine rings is 1. The molecule has 1 aromatic carbocycles. The van der Waals surface area contributed by atoms with E-state index in [4.69, 9.17) is 11.6 Å². The minimum atomic E-state index is 0.0179. The first kappa shape index (κ1) is 14.2. The fraction of sp³-hybridized carbons (Fsp3) is 0.500. The highest BCUT2D eigenvalue weighted by atomic mass is 35.5. The summed E-state index contributed by atoms with van der Waals surface area (Å²) in [6.07, 6.45) is 0. The van der Waals surface area contributed by atoms with E-state index in [9.17, 15) is 4.79 Å². The second-order valence-corrected chi connectivity index (χ2v) is 5.46. The third-order valence-corrected chi connectivity index (χ3v) is 3.68. The molecule has 0 saturated carbocycles. The van der Waals surface area contributed by atoms with Crippen LogP contribution in [0.5, 0.6) is 0 Å². The van der Waals surface area contributed by atoms with Crippen LogP contribution in [-0.2, 0) is 4.79 Å². The van der Waals surface area contributed by atoms with Crippen molar-refractivity contribution in [3.05, 3.63) is 29.3 Å². The lowest BCUT2D eigenvalue weighted by Crippen LogP contribution is -2.56. The quantitative estimate of drug-likeness (QED) is 0.914. The van der Waals surface area contributed by atoms with Gasteiger partial charge in [0.15, 0.2) is 0 Å². The van der Waals surface area contributed by atoms with Gasteiger partial charge in [-0.05, 0) is 31.3 Å². The van der Waals surface area contributed by atoms with Gasteiger partial charge in [0.25, 0.3) is 0 Å². The summed E-state index contributed by atoms with van der Waals surface area (Å²) in [6, 6.07) is 8.18. The van der Waals surface area contributed by atoms with Crippen LogP contribution in [0.1, 0.15) is 6.92 Å². The Labute approximate surface area is 119 Å². The Bertz CT molecular complexity index is 435. The molecule has 0 unspecified atom stereocenters. The smallest absolute Gasteiger partial charge is 0.216 e. The van der Waals surface area contributed by atoms with Gasteiger partial charge in [0.1, 0.15) is 0 Å². The largest absolute Gasteiger partial charge is 0.364 e. The van der Waals surface area contributed by atoms with E-state index in [0.717, 1.165) is 30.3 Å². The van der Waals surface area contributed by atoms with Crippen molar-refractivity contribution in [3.8, 4) is 0 Å². The van der Waals surface area contributed by atoms with E-state index >= 15 is 0 Å². The Morgan fingerprint density at radius 3 is 2.68 bits per heavy atom. The van der Waals surface area contributed by atoms with Gasteiger partial charge >= 0.3 is 0 Å². The van der Waals surface area contributed by atoms with Crippen molar-refractivity contribution in [2.24, 2.45) is 0 Å². The van der Waals surface area contributed by atoms with Gasteiger partial charge in [0.05, 0.1) is 6.04 Å². The van der Waals surface area contributed by atoms with Gasteiger partial charge in [-0.1, -0.05) is 11.6 Å². The molecule has 1 fully saturated rings. The van der Waals surface area contributed by atoms with Crippen molar-refractivity contribution in [1.82, 2.24) is 10.2 Å². The molecule has 1 atom stereocenters. The van der Waals surface area contributed by atoms with Crippen molar-refractivity contribution in [2.75, 3.05) is 38.1 Å². The first-order valence-electron chi connectivity index (χ1n) is 6.51. The zero-order chi connectivity index (χ0) is 13.8. The number of hydrogen-bond donors (Lipinski definition) is 1. The molecule has 19 heavy (non-hydrogen) atoms. The molecule has 0 aliphatic carbocycles. The molecular weight excluding hydrogens is 262 g/mol. The summed E-state index contributed by atoms with van der Waals surface area (Å²) in [4.78, 5) is 15.7. The Balaban J connectivity index is 2.10. The Kier molecular flexibility index (Phi) is 4.66. The molecule has 1 amide bonds. The summed E-state index contributed by atoms with van der Waals surface area (Å²) in [5.41, 5.74) is 1.16. The van der Waals surface area contributed by atoms with Crippen LogP contribution in [-0.4, -0.2) is 50.1 Å². The standard InChI is InChI=1S/C14H20ClN3O/c1-11(19)16-9-14-10-17(2)7-8-18(14)13-5-3-12(15)4-6-13/h3-6,14H,7-10H2,1-2H3,(H,16,19)/t14-/m1/s1. The monoisotopic (exact) mass is 281 g/mol. The molecule has 1 heterocycles. The fourth-order valence-electron chi connectivity index (χ4n) is 2.42. The third kappa shape index (κ3) is 3.85. The highest BCUT2D eigenvalue weighted by Crippen LogP contribution is 2.22. The minimum absolute atomic E-state index is 0.0179. The molecule has 4 nitrogen and oxygen atoms in total. The van der Waals surface area contributed by atoms with Crippen molar-refractivity contribution in [2.45, 2.75) is 13.0 Å². The highest BCUT2D eigenvalue weighted by Gasteiger charge is 2.25. The zero-order valence-corrected chi connectivity index (χ0v) is 12.2. The minimum Gasteiger partial charge on any atom is -0.364 e. The molecular formula is C14H20ClN3O. The van der Waals surface area contributed by atoms with Crippen LogP contribution >= 0.6 is 11.6 Å². The summed E-state index contributed by atoms with van der Waals surface area (Å²) in [6.45, 7) is 5.16. The van der Waals surface area contributed by atoms with Crippen molar-refractivity contribution in [1.29, 1.82) is 0 Å². The van der Waals surface area contributed by atoms with Gasteiger partial charge in [-0.25, -0.2) is 0 Å². The normalized spacial score (nSPS) is 20.4. The fourth-order valence-corrected chi connectivity index (χ4v) is 2.55. The molecule has 1 saturated heterocycles. The molecule has 1 N–H and O–H groups in total. The lowest BCUT2D eigenvalue weighted by Gasteiger charge is -2.41. The molecule has 1 aromatic rings. The van der Waals surface area contributed by atoms with Gasteiger partial charge in [-0.2, -0.15) is 0 Å². The van der Waals surface area contributed by atoms with Gasteiger partial charge in [-0.3, -0.25) is 4.79 Å². The Morgan fingerprint density at radius 1 is 1.37 bits per heavy atom. The molecule has 1 aliphatic heterocycles. The van der Waals surface area contributed by atoms with Crippen molar-refractivity contribution in [3.63, 3.8) is 0 Å². The van der Waals surface area contributed by atoms with Gasteiger partial charge in [-0.15, -0.1) is 0 Å². The molecule has 2 rings (SSSR count). The summed E-state index contributed by atoms with van der Waals surface area (Å²) < 4.78 is 0. The van der Waals surface area contributed by atoms with Crippen LogP contribution in [0.2, 0.25) is 5.02 Å². The Morgan fingerprint density at radius 2 is 2.05 bits per heavy atom. The van der Waals surface area contributed by atoms with E-state index in [2.05, 4.69) is 22.2 Å². The van der Waals surface area contributed by atoms with Crippen LogP contribution in [0.4, 0.5) is 5.69 Å². The SMILES string of the molecule is CC(=O)NC[C@@H]1CN(C)CCN1c1ccc(Cl)cc1. The number of nitrogens with zero attached hydrogens (tertiary/aromatic N) is 2. The maximum atomic E-state index is 11.1. The third-order valence-electron chi connectivity index (χ3n) is 3.43. The number of anilines is 1. The van der Waals surface area contributed by atoms with Crippen LogP contribution < -0.4 is 10.2 Å². The van der Waals surface area contributed by atoms with E-state index in [1.165, 1.54) is 0 Å². The number of likely N-dealkylation sites (N-methyl/N-ethyl adjacent to an activating group) is 1. The lowest BCUT2D eigenvalue weighted by atomic mass is 10.1. The van der Waals surface area contributed by atoms with E-state index < -0.39 is 0 Å². The number of hydrogen-bond acceptors (Lipinski definition) is 3. The number of carbonyl (C=O) groups is 1. The Hall–Kier alpha value is -1.26. The molecule has 0 radical (unpaired) electrons. The number of carbonyl (C=O) groups excluding carboxylic acids is 1. The average Bonchev–Trinajstić information content (AvgIpc) is 2.38. The zero-order valence-electron chi connectivity index (χ0n) is 11.4. The lowest BCUT2D eigenvalue weighted by molar-refractivity contribution is -0.119. The summed E-state index contributed by atoms with van der Waals surface area (Å²) in [5, 5.41) is 3.66. The van der Waals surface area contributed by atoms with Crippen LogP contribution in [0.3, 0.4) is 0 Å². The van der Waals surface area contributed by atoms with Crippen molar-refractivity contribution >= 4 is 23.2 Å². The number of nitrogens with one attached hydrogen (secondary N) is 1. The molecule has 0 aromatic heterocycles. The average molecular weight is 282 g/mol. The number of rotatable bonds is 3. The summed E-state index contributed by atoms with van der Waals surface area (Å²) in [5.74, 6) is 0.0179. The summed E-state index contributed by atoms with van der Waals surface area (Å²) in [7, 11) is 2.11. The predicted molar refractivity (Wildman–Crippen MR) is 78.8 cm³/mol. The first-order chi connectivity index (χ1) is 9.06. The highest BCUT2D eigenvalue weighted by molar-refractivity contribution is 6.30. The number of halogens is 1. The number of benzene rings is 1. The van der Waals surface area contributed by atoms with Crippen molar-refractivity contribution < 1.29 is 4.79 Å². The van der Waals surface area contributed by atoms with Gasteiger partial charge in [0.2, 0.25) is 5.91 Å². The maximum absolute atomic E-state index is 11.1. The molecule has 0 spiro atoms. The number of amides is 1.